The van der Waals surface area contributed by atoms with Crippen LogP contribution in [0.3, 0.4) is 0 Å². The molecule has 1 rings (SSSR count). The molecule has 0 unspecified atom stereocenters. The quantitative estimate of drug-likeness (QED) is 0.785. The zero-order valence-electron chi connectivity index (χ0n) is 10.6. The highest BCUT2D eigenvalue weighted by molar-refractivity contribution is 8.14. The number of amides is 1. The van der Waals surface area contributed by atoms with Gasteiger partial charge in [-0.15, -0.1) is 0 Å². The molecular formula is C11H19NO4S. The molecule has 1 fully saturated rings. The Bertz CT molecular complexity index is 326. The van der Waals surface area contributed by atoms with Crippen molar-refractivity contribution in [1.82, 2.24) is 4.90 Å². The molecule has 1 amide bonds. The molecule has 1 aliphatic rings. The number of carboxylic acid groups (broad SMARTS) is 1. The van der Waals surface area contributed by atoms with Gasteiger partial charge in [-0.2, -0.15) is 0 Å². The first-order chi connectivity index (χ1) is 7.64. The van der Waals surface area contributed by atoms with E-state index in [0.29, 0.717) is 13.0 Å². The highest BCUT2D eigenvalue weighted by Gasteiger charge is 2.43. The maximum absolute atomic E-state index is 12.0. The molecule has 0 aromatic carbocycles. The topological polar surface area (TPSA) is 66.8 Å². The van der Waals surface area contributed by atoms with Crippen molar-refractivity contribution in [1.29, 1.82) is 0 Å². The Morgan fingerprint density at radius 3 is 2.47 bits per heavy atom. The third-order valence-electron chi connectivity index (χ3n) is 2.51. The van der Waals surface area contributed by atoms with E-state index in [-0.39, 0.29) is 0 Å². The van der Waals surface area contributed by atoms with Gasteiger partial charge in [0.15, 0.2) is 0 Å². The van der Waals surface area contributed by atoms with Gasteiger partial charge in [0.1, 0.15) is 10.5 Å². The van der Waals surface area contributed by atoms with E-state index in [1.54, 1.807) is 27.7 Å². The summed E-state index contributed by atoms with van der Waals surface area (Å²) >= 11 is 0.769. The number of thioether (sulfide) groups is 1. The minimum atomic E-state index is -0.969. The van der Waals surface area contributed by atoms with Gasteiger partial charge < -0.3 is 9.84 Å². The number of nitrogens with zero attached hydrogens (tertiary/aromatic N) is 1. The molecule has 1 N–H and O–H groups in total. The molecule has 0 bridgehead atoms. The van der Waals surface area contributed by atoms with Crippen LogP contribution in [0.4, 0.5) is 9.59 Å². The number of ether oxygens (including phenoxy) is 1. The lowest BCUT2D eigenvalue weighted by atomic mass is 10.2. The molecule has 0 radical (unpaired) electrons. The van der Waals surface area contributed by atoms with Crippen LogP contribution in [-0.4, -0.2) is 38.4 Å². The fourth-order valence-corrected chi connectivity index (χ4v) is 2.73. The number of rotatable bonds is 1. The molecule has 1 saturated heterocycles. The average molecular weight is 261 g/mol. The van der Waals surface area contributed by atoms with Crippen LogP contribution in [0, 0.1) is 0 Å². The molecule has 98 valence electrons. The molecule has 5 nitrogen and oxygen atoms in total. The fraction of sp³-hybridized carbons (Fsp3) is 0.818. The van der Waals surface area contributed by atoms with Gasteiger partial charge in [-0.05, 0) is 52.3 Å². The fourth-order valence-electron chi connectivity index (χ4n) is 1.83. The van der Waals surface area contributed by atoms with Gasteiger partial charge >= 0.3 is 11.4 Å². The summed E-state index contributed by atoms with van der Waals surface area (Å²) in [6.07, 6.45) is 1.03. The molecule has 6 heteroatoms. The number of hydrogen-bond acceptors (Lipinski definition) is 4. The Balaban J connectivity index is 2.75. The van der Waals surface area contributed by atoms with Gasteiger partial charge in [0, 0.05) is 6.54 Å². The molecule has 0 aromatic rings. The minimum Gasteiger partial charge on any atom is -0.473 e. The summed E-state index contributed by atoms with van der Waals surface area (Å²) in [6.45, 7) is 7.70. The van der Waals surface area contributed by atoms with Crippen molar-refractivity contribution < 1.29 is 19.4 Å². The van der Waals surface area contributed by atoms with Crippen molar-refractivity contribution in [2.24, 2.45) is 0 Å². The standard InChI is InChI=1S/C11H19NO4S/c1-10(2,3)16-8(13)12-7-5-6-11(12,4)17-9(14)15/h5-7H2,1-4H3,(H,14,15)/t11-/m1/s1. The normalized spacial score (nSPS) is 24.8. The third-order valence-corrected chi connectivity index (χ3v) is 3.55. The van der Waals surface area contributed by atoms with E-state index in [1.807, 2.05) is 0 Å². The van der Waals surface area contributed by atoms with E-state index in [2.05, 4.69) is 0 Å². The lowest BCUT2D eigenvalue weighted by molar-refractivity contribution is 0.0211. The molecule has 1 atom stereocenters. The molecule has 17 heavy (non-hydrogen) atoms. The lowest BCUT2D eigenvalue weighted by Crippen LogP contribution is -2.45. The van der Waals surface area contributed by atoms with Gasteiger partial charge in [-0.25, -0.2) is 9.59 Å². The highest BCUT2D eigenvalue weighted by Crippen LogP contribution is 2.40. The van der Waals surface area contributed by atoms with Crippen LogP contribution in [0.2, 0.25) is 0 Å². The Morgan fingerprint density at radius 1 is 1.41 bits per heavy atom. The Morgan fingerprint density at radius 2 is 2.00 bits per heavy atom. The zero-order chi connectivity index (χ0) is 13.3. The molecule has 0 spiro atoms. The van der Waals surface area contributed by atoms with Crippen LogP contribution in [0.15, 0.2) is 0 Å². The predicted molar refractivity (Wildman–Crippen MR) is 66.2 cm³/mol. The Labute approximate surface area is 105 Å². The van der Waals surface area contributed by atoms with Gasteiger partial charge in [0.25, 0.3) is 0 Å². The number of hydrogen-bond donors (Lipinski definition) is 1. The largest absolute Gasteiger partial charge is 0.473 e. The van der Waals surface area contributed by atoms with Gasteiger partial charge in [-0.3, -0.25) is 4.90 Å². The van der Waals surface area contributed by atoms with E-state index in [0.717, 1.165) is 18.2 Å². The van der Waals surface area contributed by atoms with Crippen LogP contribution in [-0.2, 0) is 4.74 Å². The predicted octanol–water partition coefficient (Wildman–Crippen LogP) is 3.14. The molecule has 1 aliphatic heterocycles. The smallest absolute Gasteiger partial charge is 0.411 e. The van der Waals surface area contributed by atoms with E-state index in [1.165, 1.54) is 4.90 Å². The van der Waals surface area contributed by atoms with Crippen molar-refractivity contribution in [2.45, 2.75) is 51.0 Å². The summed E-state index contributed by atoms with van der Waals surface area (Å²) in [7, 11) is 0. The van der Waals surface area contributed by atoms with Crippen LogP contribution < -0.4 is 0 Å². The highest BCUT2D eigenvalue weighted by atomic mass is 32.2. The first-order valence-electron chi connectivity index (χ1n) is 5.57. The molecule has 1 heterocycles. The Kier molecular flexibility index (Phi) is 3.96. The van der Waals surface area contributed by atoms with Crippen LogP contribution >= 0.6 is 11.8 Å². The summed E-state index contributed by atoms with van der Waals surface area (Å²) in [5.41, 5.74) is -0.561. The van der Waals surface area contributed by atoms with Crippen molar-refractivity contribution in [3.05, 3.63) is 0 Å². The molecule has 0 aromatic heterocycles. The van der Waals surface area contributed by atoms with Crippen LogP contribution in [0.25, 0.3) is 0 Å². The number of likely N-dealkylation sites (tertiary alicyclic amines) is 1. The molecular weight excluding hydrogens is 242 g/mol. The van der Waals surface area contributed by atoms with Gasteiger partial charge in [0.05, 0.1) is 0 Å². The maximum atomic E-state index is 12.0. The number of carbonyl (C=O) groups is 2. The van der Waals surface area contributed by atoms with Crippen LogP contribution in [0.5, 0.6) is 0 Å². The second-order valence-electron chi connectivity index (χ2n) is 5.28. The van der Waals surface area contributed by atoms with E-state index < -0.39 is 21.9 Å². The second kappa shape index (κ2) is 4.76. The first-order valence-corrected chi connectivity index (χ1v) is 6.38. The first kappa shape index (κ1) is 14.2. The molecule has 0 saturated carbocycles. The van der Waals surface area contributed by atoms with Crippen molar-refractivity contribution in [3.8, 4) is 0 Å². The van der Waals surface area contributed by atoms with E-state index >= 15 is 0 Å². The summed E-state index contributed by atoms with van der Waals surface area (Å²) in [6, 6.07) is 0. The van der Waals surface area contributed by atoms with E-state index in [4.69, 9.17) is 9.84 Å². The van der Waals surface area contributed by atoms with E-state index in [9.17, 15) is 9.59 Å². The summed E-state index contributed by atoms with van der Waals surface area (Å²) in [4.78, 5) is 23.6. The Hall–Kier alpha value is -0.910. The van der Waals surface area contributed by atoms with Crippen molar-refractivity contribution >= 4 is 23.2 Å². The SMILES string of the molecule is CC(C)(C)OC(=O)N1CCC[C@@]1(C)SC(=O)O. The van der Waals surface area contributed by atoms with Gasteiger partial charge in [0.2, 0.25) is 0 Å². The van der Waals surface area contributed by atoms with Crippen molar-refractivity contribution in [3.63, 3.8) is 0 Å². The lowest BCUT2D eigenvalue weighted by Gasteiger charge is -2.34. The zero-order valence-corrected chi connectivity index (χ0v) is 11.5. The second-order valence-corrected chi connectivity index (χ2v) is 6.71. The van der Waals surface area contributed by atoms with Gasteiger partial charge in [-0.1, -0.05) is 0 Å². The summed E-state index contributed by atoms with van der Waals surface area (Å²) in [5.74, 6) is 0. The number of carbonyl (C=O) groups excluding carboxylic acids is 1. The third kappa shape index (κ3) is 3.80. The van der Waals surface area contributed by atoms with Crippen LogP contribution in [0.1, 0.15) is 40.5 Å². The summed E-state index contributed by atoms with van der Waals surface area (Å²) < 4.78 is 5.28. The minimum absolute atomic E-state index is 0.439. The summed E-state index contributed by atoms with van der Waals surface area (Å²) in [5, 5.41) is 7.89. The molecule has 0 aliphatic carbocycles. The monoisotopic (exact) mass is 261 g/mol. The van der Waals surface area contributed by atoms with Crippen molar-refractivity contribution in [2.75, 3.05) is 6.54 Å². The maximum Gasteiger partial charge on any atom is 0.411 e. The average Bonchev–Trinajstić information content (AvgIpc) is 2.41.